The van der Waals surface area contributed by atoms with E-state index in [2.05, 4.69) is 108 Å². The fraction of sp³-hybridized carbons (Fsp3) is 0. The van der Waals surface area contributed by atoms with Crippen molar-refractivity contribution >= 4 is 112 Å². The molecule has 5 heteroatoms. The first-order valence-corrected chi connectivity index (χ1v) is 16.1. The third kappa shape index (κ3) is 2.84. The standard InChI is InChI=1S/C38H19N3S2/c1-5-11-30-22(7-1)25-18-21(14-16-32(25)42-30)20-13-15-29-24(17-20)26-19-33-34(23-8-2-6-12-31(23)43-33)35-36-38(41(29)37(26)35)40-28-10-4-3-9-27(28)39-36/h1-19H. The number of rotatable bonds is 1. The summed E-state index contributed by atoms with van der Waals surface area (Å²) in [5.74, 6) is 0. The van der Waals surface area contributed by atoms with Crippen molar-refractivity contribution in [2.45, 2.75) is 0 Å². The average Bonchev–Trinajstić information content (AvgIpc) is 3.79. The van der Waals surface area contributed by atoms with Gasteiger partial charge >= 0.3 is 0 Å². The predicted octanol–water partition coefficient (Wildman–Crippen LogP) is 11.2. The van der Waals surface area contributed by atoms with Gasteiger partial charge in [-0.15, -0.1) is 22.7 Å². The molecule has 11 aromatic rings. The van der Waals surface area contributed by atoms with E-state index in [0.29, 0.717) is 0 Å². The second-order valence-corrected chi connectivity index (χ2v) is 13.5. The highest BCUT2D eigenvalue weighted by molar-refractivity contribution is 7.26. The summed E-state index contributed by atoms with van der Waals surface area (Å²) in [6.45, 7) is 0. The molecule has 43 heavy (non-hydrogen) atoms. The first kappa shape index (κ1) is 22.5. The summed E-state index contributed by atoms with van der Waals surface area (Å²) in [7, 11) is 0. The molecule has 0 radical (unpaired) electrons. The van der Waals surface area contributed by atoms with E-state index in [0.717, 1.165) is 22.2 Å². The number of fused-ring (bicyclic) bond motifs is 14. The van der Waals surface area contributed by atoms with Gasteiger partial charge in [0, 0.05) is 56.5 Å². The lowest BCUT2D eigenvalue weighted by atomic mass is 9.99. The zero-order valence-electron chi connectivity index (χ0n) is 22.6. The van der Waals surface area contributed by atoms with Crippen molar-refractivity contribution in [1.82, 2.24) is 14.4 Å². The molecule has 0 saturated carbocycles. The molecule has 0 N–H and O–H groups in total. The summed E-state index contributed by atoms with van der Waals surface area (Å²) >= 11 is 3.73. The highest BCUT2D eigenvalue weighted by Gasteiger charge is 2.24. The molecule has 0 spiro atoms. The van der Waals surface area contributed by atoms with Crippen LogP contribution < -0.4 is 0 Å². The number of thiophene rings is 2. The molecule has 0 aliphatic carbocycles. The molecule has 0 atom stereocenters. The van der Waals surface area contributed by atoms with Crippen LogP contribution in [0.5, 0.6) is 0 Å². The van der Waals surface area contributed by atoms with Crippen LogP contribution in [-0.2, 0) is 0 Å². The Hall–Kier alpha value is -5.10. The van der Waals surface area contributed by atoms with E-state index in [1.807, 2.05) is 34.8 Å². The second-order valence-electron chi connectivity index (χ2n) is 11.4. The van der Waals surface area contributed by atoms with Crippen molar-refractivity contribution in [2.24, 2.45) is 0 Å². The minimum Gasteiger partial charge on any atom is -0.291 e. The van der Waals surface area contributed by atoms with E-state index < -0.39 is 0 Å². The molecule has 0 bridgehead atoms. The fourth-order valence-electron chi connectivity index (χ4n) is 7.23. The molecular formula is C38H19N3S2. The fourth-order valence-corrected chi connectivity index (χ4v) is 9.47. The molecule has 198 valence electrons. The smallest absolute Gasteiger partial charge is 0.165 e. The lowest BCUT2D eigenvalue weighted by molar-refractivity contribution is 1.28. The number of benzene rings is 6. The molecule has 0 aliphatic rings. The third-order valence-electron chi connectivity index (χ3n) is 9.10. The monoisotopic (exact) mass is 581 g/mol. The Bertz CT molecular complexity index is 2960. The Labute approximate surface area is 252 Å². The molecular weight excluding hydrogens is 563 g/mol. The maximum atomic E-state index is 5.25. The predicted molar refractivity (Wildman–Crippen MR) is 185 cm³/mol. The molecule has 0 aliphatic heterocycles. The van der Waals surface area contributed by atoms with E-state index in [9.17, 15) is 0 Å². The normalized spacial score (nSPS) is 12.7. The van der Waals surface area contributed by atoms with E-state index in [-0.39, 0.29) is 0 Å². The maximum absolute atomic E-state index is 5.25. The zero-order valence-corrected chi connectivity index (χ0v) is 24.3. The Morgan fingerprint density at radius 3 is 1.98 bits per heavy atom. The van der Waals surface area contributed by atoms with Crippen LogP contribution in [-0.4, -0.2) is 14.4 Å². The molecule has 0 amide bonds. The molecule has 5 heterocycles. The molecule has 11 rings (SSSR count). The Morgan fingerprint density at radius 1 is 0.465 bits per heavy atom. The average molecular weight is 582 g/mol. The Morgan fingerprint density at radius 2 is 1.12 bits per heavy atom. The number of hydrogen-bond donors (Lipinski definition) is 0. The van der Waals surface area contributed by atoms with Crippen molar-refractivity contribution in [3.05, 3.63) is 115 Å². The summed E-state index contributed by atoms with van der Waals surface area (Å²) in [5, 5.41) is 8.96. The summed E-state index contributed by atoms with van der Waals surface area (Å²) in [6.07, 6.45) is 0. The molecule has 3 nitrogen and oxygen atoms in total. The SMILES string of the molecule is c1ccc2nc3c(nc2c1)c1c2c(cc4c5cc(-c6ccc7sc8ccccc8c7c6)ccc5n3c41)sc1ccccc12. The number of hydrogen-bond acceptors (Lipinski definition) is 4. The summed E-state index contributed by atoms with van der Waals surface area (Å²) < 4.78 is 7.62. The van der Waals surface area contributed by atoms with Crippen molar-refractivity contribution in [1.29, 1.82) is 0 Å². The van der Waals surface area contributed by atoms with Gasteiger partial charge in [0.1, 0.15) is 5.52 Å². The molecule has 0 saturated heterocycles. The van der Waals surface area contributed by atoms with Gasteiger partial charge in [-0.25, -0.2) is 9.97 Å². The van der Waals surface area contributed by atoms with Gasteiger partial charge in [-0.3, -0.25) is 4.40 Å². The van der Waals surface area contributed by atoms with Crippen LogP contribution in [0.15, 0.2) is 115 Å². The lowest BCUT2D eigenvalue weighted by Crippen LogP contribution is -1.89. The minimum atomic E-state index is 0.920. The number of nitrogens with zero attached hydrogens (tertiary/aromatic N) is 3. The van der Waals surface area contributed by atoms with Gasteiger partial charge in [0.25, 0.3) is 0 Å². The van der Waals surface area contributed by atoms with Crippen LogP contribution >= 0.6 is 22.7 Å². The minimum absolute atomic E-state index is 0.920. The Kier molecular flexibility index (Phi) is 4.10. The quantitative estimate of drug-likeness (QED) is 0.193. The van der Waals surface area contributed by atoms with Gasteiger partial charge in [0.15, 0.2) is 5.65 Å². The molecule has 6 aromatic carbocycles. The second kappa shape index (κ2) is 7.84. The van der Waals surface area contributed by atoms with E-state index in [4.69, 9.17) is 9.97 Å². The van der Waals surface area contributed by atoms with Crippen LogP contribution in [0.25, 0.3) is 101 Å². The van der Waals surface area contributed by atoms with Crippen molar-refractivity contribution in [2.75, 3.05) is 0 Å². The highest BCUT2D eigenvalue weighted by atomic mass is 32.1. The van der Waals surface area contributed by atoms with Crippen LogP contribution in [0.1, 0.15) is 0 Å². The van der Waals surface area contributed by atoms with E-state index >= 15 is 0 Å². The Balaban J connectivity index is 1.29. The highest BCUT2D eigenvalue weighted by Crippen LogP contribution is 2.47. The van der Waals surface area contributed by atoms with Crippen LogP contribution in [0.2, 0.25) is 0 Å². The van der Waals surface area contributed by atoms with E-state index in [1.165, 1.54) is 78.7 Å². The summed E-state index contributed by atoms with van der Waals surface area (Å²) in [6, 6.07) is 41.9. The van der Waals surface area contributed by atoms with Gasteiger partial charge in [-0.05, 0) is 65.7 Å². The topological polar surface area (TPSA) is 30.2 Å². The van der Waals surface area contributed by atoms with Crippen molar-refractivity contribution in [3.8, 4) is 11.1 Å². The lowest BCUT2D eigenvalue weighted by Gasteiger charge is -2.05. The molecule has 5 aromatic heterocycles. The van der Waals surface area contributed by atoms with Crippen molar-refractivity contribution in [3.63, 3.8) is 0 Å². The first-order chi connectivity index (χ1) is 21.3. The van der Waals surface area contributed by atoms with Gasteiger partial charge in [0.05, 0.1) is 22.1 Å². The van der Waals surface area contributed by atoms with Crippen molar-refractivity contribution < 1.29 is 0 Å². The van der Waals surface area contributed by atoms with Crippen LogP contribution in [0.3, 0.4) is 0 Å². The van der Waals surface area contributed by atoms with Crippen LogP contribution in [0, 0.1) is 0 Å². The van der Waals surface area contributed by atoms with Gasteiger partial charge in [-0.2, -0.15) is 0 Å². The van der Waals surface area contributed by atoms with Gasteiger partial charge < -0.3 is 0 Å². The molecule has 0 unspecified atom stereocenters. The van der Waals surface area contributed by atoms with Gasteiger partial charge in [0.2, 0.25) is 0 Å². The number of para-hydroxylation sites is 2. The van der Waals surface area contributed by atoms with Gasteiger partial charge in [-0.1, -0.05) is 60.7 Å². The largest absolute Gasteiger partial charge is 0.291 e. The third-order valence-corrected chi connectivity index (χ3v) is 11.4. The zero-order chi connectivity index (χ0) is 27.8. The van der Waals surface area contributed by atoms with Crippen LogP contribution in [0.4, 0.5) is 0 Å². The summed E-state index contributed by atoms with van der Waals surface area (Å²) in [5.41, 5.74) is 8.62. The summed E-state index contributed by atoms with van der Waals surface area (Å²) in [4.78, 5) is 10.5. The first-order valence-electron chi connectivity index (χ1n) is 14.4. The molecule has 0 fully saturated rings. The number of aromatic nitrogens is 3. The maximum Gasteiger partial charge on any atom is 0.165 e. The van der Waals surface area contributed by atoms with E-state index in [1.54, 1.807) is 0 Å².